The van der Waals surface area contributed by atoms with Crippen LogP contribution in [0, 0.1) is 0 Å². The lowest BCUT2D eigenvalue weighted by molar-refractivity contribution is -0.121. The minimum atomic E-state index is 0.0269. The van der Waals surface area contributed by atoms with Gasteiger partial charge in [0.1, 0.15) is 11.5 Å². The van der Waals surface area contributed by atoms with Crippen molar-refractivity contribution in [2.75, 3.05) is 27.7 Å². The zero-order valence-electron chi connectivity index (χ0n) is 14.2. The number of hydrogen-bond donors (Lipinski definition) is 1. The zero-order chi connectivity index (χ0) is 17.5. The number of rotatable bonds is 8. The molecule has 0 aliphatic rings. The molecule has 1 heterocycles. The molecule has 1 atom stereocenters. The first-order valence-corrected chi connectivity index (χ1v) is 8.59. The lowest BCUT2D eigenvalue weighted by Crippen LogP contribution is -2.34. The highest BCUT2D eigenvalue weighted by Crippen LogP contribution is 2.26. The van der Waals surface area contributed by atoms with E-state index in [4.69, 9.17) is 9.15 Å². The van der Waals surface area contributed by atoms with Gasteiger partial charge in [-0.1, -0.05) is 6.07 Å². The lowest BCUT2D eigenvalue weighted by Gasteiger charge is -2.22. The number of likely N-dealkylation sites (N-methyl/N-ethyl adjacent to an activating group) is 1. The average Bonchev–Trinajstić information content (AvgIpc) is 3.07. The SMILES string of the molecule is COc1ccc(CCC(=O)NCC(c2ccco2)N(C)C)cc1Br. The Morgan fingerprint density at radius 2 is 2.17 bits per heavy atom. The van der Waals surface area contributed by atoms with E-state index in [2.05, 4.69) is 21.2 Å². The summed E-state index contributed by atoms with van der Waals surface area (Å²) >= 11 is 3.46. The van der Waals surface area contributed by atoms with Crippen molar-refractivity contribution in [3.8, 4) is 5.75 Å². The molecule has 0 spiro atoms. The number of furan rings is 1. The first-order chi connectivity index (χ1) is 11.5. The predicted molar refractivity (Wildman–Crippen MR) is 97.2 cm³/mol. The Kier molecular flexibility index (Phi) is 6.87. The van der Waals surface area contributed by atoms with E-state index in [1.165, 1.54) is 0 Å². The molecule has 130 valence electrons. The molecular weight excluding hydrogens is 372 g/mol. The molecule has 1 amide bonds. The number of carbonyl (C=O) groups is 1. The molecule has 0 saturated heterocycles. The van der Waals surface area contributed by atoms with Gasteiger partial charge in [0.15, 0.2) is 0 Å². The van der Waals surface area contributed by atoms with Crippen molar-refractivity contribution in [3.63, 3.8) is 0 Å². The minimum absolute atomic E-state index is 0.0269. The fourth-order valence-corrected chi connectivity index (χ4v) is 3.03. The molecule has 2 aromatic rings. The molecule has 0 radical (unpaired) electrons. The van der Waals surface area contributed by atoms with Crippen LogP contribution >= 0.6 is 15.9 Å². The molecule has 1 N–H and O–H groups in total. The number of hydrogen-bond acceptors (Lipinski definition) is 4. The van der Waals surface area contributed by atoms with Crippen LogP contribution in [0.25, 0.3) is 0 Å². The molecular formula is C18H23BrN2O3. The van der Waals surface area contributed by atoms with Crippen LogP contribution in [0.15, 0.2) is 45.5 Å². The van der Waals surface area contributed by atoms with Crippen LogP contribution < -0.4 is 10.1 Å². The number of methoxy groups -OCH3 is 1. The second kappa shape index (κ2) is 8.89. The Hall–Kier alpha value is -1.79. The zero-order valence-corrected chi connectivity index (χ0v) is 15.8. The summed E-state index contributed by atoms with van der Waals surface area (Å²) in [7, 11) is 5.57. The van der Waals surface area contributed by atoms with Gasteiger partial charge in [-0.3, -0.25) is 9.69 Å². The summed E-state index contributed by atoms with van der Waals surface area (Å²) in [5, 5.41) is 2.98. The van der Waals surface area contributed by atoms with Crippen LogP contribution in [0.1, 0.15) is 23.8 Å². The van der Waals surface area contributed by atoms with E-state index in [1.54, 1.807) is 13.4 Å². The molecule has 1 aromatic carbocycles. The Bertz CT molecular complexity index is 656. The number of nitrogens with zero attached hydrogens (tertiary/aromatic N) is 1. The molecule has 5 nitrogen and oxygen atoms in total. The monoisotopic (exact) mass is 394 g/mol. The van der Waals surface area contributed by atoms with Crippen LogP contribution in [-0.2, 0) is 11.2 Å². The van der Waals surface area contributed by atoms with Gasteiger partial charge in [-0.2, -0.15) is 0 Å². The first-order valence-electron chi connectivity index (χ1n) is 7.80. The molecule has 0 aliphatic heterocycles. The summed E-state index contributed by atoms with van der Waals surface area (Å²) in [6.07, 6.45) is 2.77. The smallest absolute Gasteiger partial charge is 0.220 e. The largest absolute Gasteiger partial charge is 0.496 e. The number of ether oxygens (including phenoxy) is 1. The van der Waals surface area contributed by atoms with Crippen LogP contribution in [-0.4, -0.2) is 38.6 Å². The molecule has 2 rings (SSSR count). The van der Waals surface area contributed by atoms with Crippen LogP contribution in [0.2, 0.25) is 0 Å². The molecule has 1 aromatic heterocycles. The summed E-state index contributed by atoms with van der Waals surface area (Å²) in [6.45, 7) is 0.519. The summed E-state index contributed by atoms with van der Waals surface area (Å²) in [5.41, 5.74) is 1.09. The van der Waals surface area contributed by atoms with Gasteiger partial charge in [-0.15, -0.1) is 0 Å². The maximum atomic E-state index is 12.1. The summed E-state index contributed by atoms with van der Waals surface area (Å²) < 4.78 is 11.5. The van der Waals surface area contributed by atoms with Crippen LogP contribution in [0.5, 0.6) is 5.75 Å². The Morgan fingerprint density at radius 1 is 1.38 bits per heavy atom. The van der Waals surface area contributed by atoms with Crippen LogP contribution in [0.4, 0.5) is 0 Å². The fourth-order valence-electron chi connectivity index (χ4n) is 2.44. The van der Waals surface area contributed by atoms with Crippen molar-refractivity contribution < 1.29 is 13.9 Å². The van der Waals surface area contributed by atoms with Crippen molar-refractivity contribution in [1.82, 2.24) is 10.2 Å². The molecule has 1 unspecified atom stereocenters. The number of benzene rings is 1. The van der Waals surface area contributed by atoms with Gasteiger partial charge < -0.3 is 14.5 Å². The minimum Gasteiger partial charge on any atom is -0.496 e. The molecule has 0 saturated carbocycles. The Labute approximate surface area is 151 Å². The van der Waals surface area contributed by atoms with E-state index in [9.17, 15) is 4.79 Å². The predicted octanol–water partition coefficient (Wildman–Crippen LogP) is 3.40. The number of halogens is 1. The highest BCUT2D eigenvalue weighted by atomic mass is 79.9. The van der Waals surface area contributed by atoms with Crippen molar-refractivity contribution >= 4 is 21.8 Å². The molecule has 24 heavy (non-hydrogen) atoms. The van der Waals surface area contributed by atoms with Gasteiger partial charge >= 0.3 is 0 Å². The van der Waals surface area contributed by atoms with Gasteiger partial charge in [0.2, 0.25) is 5.91 Å². The third-order valence-corrected chi connectivity index (χ3v) is 4.46. The molecule has 6 heteroatoms. The van der Waals surface area contributed by atoms with E-state index in [0.717, 1.165) is 21.5 Å². The average molecular weight is 395 g/mol. The fraction of sp³-hybridized carbons (Fsp3) is 0.389. The maximum absolute atomic E-state index is 12.1. The van der Waals surface area contributed by atoms with E-state index in [-0.39, 0.29) is 11.9 Å². The van der Waals surface area contributed by atoms with Gasteiger partial charge in [0.05, 0.1) is 23.9 Å². The maximum Gasteiger partial charge on any atom is 0.220 e. The Morgan fingerprint density at radius 3 is 2.75 bits per heavy atom. The molecule has 0 aliphatic carbocycles. The number of amides is 1. The van der Waals surface area contributed by atoms with E-state index in [0.29, 0.717) is 19.4 Å². The van der Waals surface area contributed by atoms with E-state index >= 15 is 0 Å². The second-order valence-electron chi connectivity index (χ2n) is 5.77. The summed E-state index contributed by atoms with van der Waals surface area (Å²) in [4.78, 5) is 14.2. The molecule has 0 fully saturated rings. The van der Waals surface area contributed by atoms with Gasteiger partial charge in [0, 0.05) is 13.0 Å². The van der Waals surface area contributed by atoms with E-state index < -0.39 is 0 Å². The second-order valence-corrected chi connectivity index (χ2v) is 6.62. The Balaban J connectivity index is 1.83. The normalized spacial score (nSPS) is 12.2. The molecule has 0 bridgehead atoms. The third-order valence-electron chi connectivity index (χ3n) is 3.84. The highest BCUT2D eigenvalue weighted by molar-refractivity contribution is 9.10. The van der Waals surface area contributed by atoms with Gasteiger partial charge in [-0.05, 0) is 66.3 Å². The van der Waals surface area contributed by atoms with Crippen molar-refractivity contribution in [3.05, 3.63) is 52.4 Å². The first kappa shape index (κ1) is 18.5. The number of aryl methyl sites for hydroxylation is 1. The van der Waals surface area contributed by atoms with Gasteiger partial charge in [-0.25, -0.2) is 0 Å². The standard InChI is InChI=1S/C18H23BrN2O3/c1-21(2)15(17-5-4-10-24-17)12-20-18(22)9-7-13-6-8-16(23-3)14(19)11-13/h4-6,8,10-11,15H,7,9,12H2,1-3H3,(H,20,22). The van der Waals surface area contributed by atoms with Gasteiger partial charge in [0.25, 0.3) is 0 Å². The van der Waals surface area contributed by atoms with E-state index in [1.807, 2.05) is 49.3 Å². The topological polar surface area (TPSA) is 54.7 Å². The highest BCUT2D eigenvalue weighted by Gasteiger charge is 2.17. The third kappa shape index (κ3) is 5.11. The van der Waals surface area contributed by atoms with Crippen LogP contribution in [0.3, 0.4) is 0 Å². The lowest BCUT2D eigenvalue weighted by atomic mass is 10.1. The summed E-state index contributed by atoms with van der Waals surface area (Å²) in [5.74, 6) is 1.66. The van der Waals surface area contributed by atoms with Crippen molar-refractivity contribution in [2.24, 2.45) is 0 Å². The van der Waals surface area contributed by atoms with Crippen molar-refractivity contribution in [1.29, 1.82) is 0 Å². The van der Waals surface area contributed by atoms with Crippen molar-refractivity contribution in [2.45, 2.75) is 18.9 Å². The quantitative estimate of drug-likeness (QED) is 0.745. The summed E-state index contributed by atoms with van der Waals surface area (Å²) in [6, 6.07) is 9.66. The number of nitrogens with one attached hydrogen (secondary N) is 1. The number of carbonyl (C=O) groups excluding carboxylic acids is 1.